The molecule has 2 aliphatic heterocycles. The first kappa shape index (κ1) is 11.4. The number of rotatable bonds is 2. The van der Waals surface area contributed by atoms with Crippen LogP contribution in [0.15, 0.2) is 0 Å². The van der Waals surface area contributed by atoms with Gasteiger partial charge in [-0.25, -0.2) is 0 Å². The Kier molecular flexibility index (Phi) is 4.00. The van der Waals surface area contributed by atoms with E-state index < -0.39 is 0 Å². The SMILES string of the molecule is CC1CN(C(C)C2CCOC2)CCCN1. The molecule has 0 aromatic carbocycles. The molecule has 2 heterocycles. The molecule has 3 atom stereocenters. The van der Waals surface area contributed by atoms with Crippen molar-refractivity contribution in [1.29, 1.82) is 0 Å². The van der Waals surface area contributed by atoms with E-state index in [0.717, 1.165) is 19.1 Å². The first-order valence-electron chi connectivity index (χ1n) is 6.32. The van der Waals surface area contributed by atoms with Crippen LogP contribution in [0.4, 0.5) is 0 Å². The van der Waals surface area contributed by atoms with Crippen LogP contribution in [-0.2, 0) is 4.74 Å². The summed E-state index contributed by atoms with van der Waals surface area (Å²) in [5, 5.41) is 3.55. The van der Waals surface area contributed by atoms with Crippen molar-refractivity contribution in [2.75, 3.05) is 32.8 Å². The molecule has 2 fully saturated rings. The fourth-order valence-electron chi connectivity index (χ4n) is 2.74. The van der Waals surface area contributed by atoms with E-state index in [9.17, 15) is 0 Å². The van der Waals surface area contributed by atoms with Gasteiger partial charge in [0.25, 0.3) is 0 Å². The Morgan fingerprint density at radius 2 is 2.33 bits per heavy atom. The third-order valence-corrected chi connectivity index (χ3v) is 3.85. The minimum atomic E-state index is 0.636. The quantitative estimate of drug-likeness (QED) is 0.742. The first-order valence-corrected chi connectivity index (χ1v) is 6.32. The lowest BCUT2D eigenvalue weighted by molar-refractivity contribution is 0.127. The molecule has 0 saturated carbocycles. The van der Waals surface area contributed by atoms with Crippen LogP contribution in [-0.4, -0.2) is 49.8 Å². The van der Waals surface area contributed by atoms with Crippen molar-refractivity contribution >= 4 is 0 Å². The van der Waals surface area contributed by atoms with Gasteiger partial charge in [0.2, 0.25) is 0 Å². The van der Waals surface area contributed by atoms with Crippen LogP contribution >= 0.6 is 0 Å². The Morgan fingerprint density at radius 3 is 3.07 bits per heavy atom. The molecule has 1 N–H and O–H groups in total. The van der Waals surface area contributed by atoms with Crippen LogP contribution in [0.3, 0.4) is 0 Å². The second kappa shape index (κ2) is 5.28. The van der Waals surface area contributed by atoms with E-state index in [4.69, 9.17) is 4.74 Å². The highest BCUT2D eigenvalue weighted by molar-refractivity contribution is 4.82. The molecule has 0 bridgehead atoms. The Hall–Kier alpha value is -0.120. The van der Waals surface area contributed by atoms with Gasteiger partial charge in [-0.05, 0) is 45.7 Å². The monoisotopic (exact) mass is 212 g/mol. The van der Waals surface area contributed by atoms with E-state index >= 15 is 0 Å². The van der Waals surface area contributed by atoms with Crippen LogP contribution in [0, 0.1) is 5.92 Å². The van der Waals surface area contributed by atoms with Gasteiger partial charge >= 0.3 is 0 Å². The largest absolute Gasteiger partial charge is 0.381 e. The second-order valence-electron chi connectivity index (χ2n) is 5.07. The summed E-state index contributed by atoms with van der Waals surface area (Å²) in [5.41, 5.74) is 0. The van der Waals surface area contributed by atoms with Crippen molar-refractivity contribution < 1.29 is 4.74 Å². The smallest absolute Gasteiger partial charge is 0.0509 e. The summed E-state index contributed by atoms with van der Waals surface area (Å²) >= 11 is 0. The Morgan fingerprint density at radius 1 is 1.47 bits per heavy atom. The molecule has 0 spiro atoms. The van der Waals surface area contributed by atoms with Crippen LogP contribution in [0.5, 0.6) is 0 Å². The van der Waals surface area contributed by atoms with Crippen molar-refractivity contribution in [1.82, 2.24) is 10.2 Å². The van der Waals surface area contributed by atoms with E-state index in [1.165, 1.54) is 32.5 Å². The number of nitrogens with one attached hydrogen (secondary N) is 1. The summed E-state index contributed by atoms with van der Waals surface area (Å²) in [6.07, 6.45) is 2.53. The fraction of sp³-hybridized carbons (Fsp3) is 1.00. The van der Waals surface area contributed by atoms with E-state index in [2.05, 4.69) is 24.1 Å². The van der Waals surface area contributed by atoms with Gasteiger partial charge in [0.1, 0.15) is 0 Å². The predicted molar refractivity (Wildman–Crippen MR) is 62.0 cm³/mol. The Bertz CT molecular complexity index is 192. The molecule has 0 aliphatic carbocycles. The molecule has 2 aliphatic rings. The number of hydrogen-bond acceptors (Lipinski definition) is 3. The zero-order chi connectivity index (χ0) is 10.7. The molecule has 15 heavy (non-hydrogen) atoms. The summed E-state index contributed by atoms with van der Waals surface area (Å²) in [6, 6.07) is 1.33. The van der Waals surface area contributed by atoms with Crippen molar-refractivity contribution in [3.63, 3.8) is 0 Å². The van der Waals surface area contributed by atoms with E-state index in [0.29, 0.717) is 12.1 Å². The van der Waals surface area contributed by atoms with Crippen molar-refractivity contribution in [3.05, 3.63) is 0 Å². The topological polar surface area (TPSA) is 24.5 Å². The van der Waals surface area contributed by atoms with Crippen LogP contribution in [0.2, 0.25) is 0 Å². The van der Waals surface area contributed by atoms with Gasteiger partial charge in [0.15, 0.2) is 0 Å². The van der Waals surface area contributed by atoms with Gasteiger partial charge < -0.3 is 10.1 Å². The molecular formula is C12H24N2O. The fourth-order valence-corrected chi connectivity index (χ4v) is 2.74. The van der Waals surface area contributed by atoms with E-state index in [-0.39, 0.29) is 0 Å². The van der Waals surface area contributed by atoms with E-state index in [1.807, 2.05) is 0 Å². The number of nitrogens with zero attached hydrogens (tertiary/aromatic N) is 1. The summed E-state index contributed by atoms with van der Waals surface area (Å²) in [7, 11) is 0. The lowest BCUT2D eigenvalue weighted by atomic mass is 9.98. The van der Waals surface area contributed by atoms with Crippen molar-refractivity contribution in [2.45, 2.75) is 38.8 Å². The third-order valence-electron chi connectivity index (χ3n) is 3.85. The average Bonchev–Trinajstić information content (AvgIpc) is 2.67. The zero-order valence-corrected chi connectivity index (χ0v) is 10.0. The molecule has 0 aromatic heterocycles. The summed E-state index contributed by atoms with van der Waals surface area (Å²) in [6.45, 7) is 10.2. The van der Waals surface area contributed by atoms with Crippen molar-refractivity contribution in [3.8, 4) is 0 Å². The molecule has 0 radical (unpaired) electrons. The van der Waals surface area contributed by atoms with Crippen LogP contribution < -0.4 is 5.32 Å². The molecule has 2 saturated heterocycles. The standard InChI is InChI=1S/C12H24N2O/c1-10-8-14(6-3-5-13-10)11(2)12-4-7-15-9-12/h10-13H,3-9H2,1-2H3. The molecule has 0 aromatic rings. The highest BCUT2D eigenvalue weighted by Gasteiger charge is 2.28. The number of ether oxygens (including phenoxy) is 1. The van der Waals surface area contributed by atoms with Gasteiger partial charge in [-0.2, -0.15) is 0 Å². The maximum atomic E-state index is 5.48. The van der Waals surface area contributed by atoms with Gasteiger partial charge in [-0.1, -0.05) is 0 Å². The van der Waals surface area contributed by atoms with E-state index in [1.54, 1.807) is 0 Å². The maximum absolute atomic E-state index is 5.48. The Labute approximate surface area is 93.2 Å². The van der Waals surface area contributed by atoms with Crippen LogP contribution in [0.25, 0.3) is 0 Å². The lowest BCUT2D eigenvalue weighted by Gasteiger charge is -2.32. The molecule has 3 unspecified atom stereocenters. The van der Waals surface area contributed by atoms with Crippen LogP contribution in [0.1, 0.15) is 26.7 Å². The molecule has 3 nitrogen and oxygen atoms in total. The molecule has 0 amide bonds. The van der Waals surface area contributed by atoms with Crippen molar-refractivity contribution in [2.24, 2.45) is 5.92 Å². The third kappa shape index (κ3) is 2.92. The Balaban J connectivity index is 1.89. The highest BCUT2D eigenvalue weighted by Crippen LogP contribution is 2.21. The average molecular weight is 212 g/mol. The maximum Gasteiger partial charge on any atom is 0.0509 e. The molecule has 2 rings (SSSR count). The zero-order valence-electron chi connectivity index (χ0n) is 10.0. The molecule has 88 valence electrons. The summed E-state index contributed by atoms with van der Waals surface area (Å²) in [5.74, 6) is 0.760. The van der Waals surface area contributed by atoms with Gasteiger partial charge in [0, 0.05) is 25.2 Å². The minimum Gasteiger partial charge on any atom is -0.381 e. The normalized spacial score (nSPS) is 36.4. The predicted octanol–water partition coefficient (Wildman–Crippen LogP) is 1.10. The summed E-state index contributed by atoms with van der Waals surface area (Å²) < 4.78 is 5.48. The van der Waals surface area contributed by atoms with Gasteiger partial charge in [0.05, 0.1) is 6.61 Å². The lowest BCUT2D eigenvalue weighted by Crippen LogP contribution is -2.43. The number of hydrogen-bond donors (Lipinski definition) is 1. The second-order valence-corrected chi connectivity index (χ2v) is 5.07. The molecule has 3 heteroatoms. The molecular weight excluding hydrogens is 188 g/mol. The first-order chi connectivity index (χ1) is 7.27. The van der Waals surface area contributed by atoms with Gasteiger partial charge in [-0.15, -0.1) is 0 Å². The minimum absolute atomic E-state index is 0.636. The van der Waals surface area contributed by atoms with Gasteiger partial charge in [-0.3, -0.25) is 4.90 Å². The summed E-state index contributed by atoms with van der Waals surface area (Å²) in [4.78, 5) is 2.64. The highest BCUT2D eigenvalue weighted by atomic mass is 16.5.